The van der Waals surface area contributed by atoms with Crippen LogP contribution in [-0.4, -0.2) is 94.4 Å². The lowest BCUT2D eigenvalue weighted by atomic mass is 10.2. The second-order valence-corrected chi connectivity index (χ2v) is 9.65. The van der Waals surface area contributed by atoms with E-state index in [0.29, 0.717) is 78.1 Å². The number of nitrogens with one attached hydrogen (secondary N) is 2. The zero-order valence-corrected chi connectivity index (χ0v) is 22.1. The molecule has 0 fully saturated rings. The summed E-state index contributed by atoms with van der Waals surface area (Å²) >= 11 is 1.25. The van der Waals surface area contributed by atoms with Gasteiger partial charge >= 0.3 is 6.09 Å². The molecule has 2 N–H and O–H groups in total. The van der Waals surface area contributed by atoms with E-state index in [-0.39, 0.29) is 11.0 Å². The molecule has 0 aromatic carbocycles. The van der Waals surface area contributed by atoms with Crippen molar-refractivity contribution in [3.8, 4) is 0 Å². The Kier molecular flexibility index (Phi) is 21.2. The van der Waals surface area contributed by atoms with Gasteiger partial charge in [-0.15, -0.1) is 0 Å². The minimum atomic E-state index is -0.491. The number of hydrogen-bond acceptors (Lipinski definition) is 9. The van der Waals surface area contributed by atoms with E-state index in [1.54, 1.807) is 0 Å². The highest BCUT2D eigenvalue weighted by molar-refractivity contribution is 8.13. The fourth-order valence-corrected chi connectivity index (χ4v) is 2.91. The van der Waals surface area contributed by atoms with Crippen molar-refractivity contribution < 1.29 is 38.1 Å². The maximum Gasteiger partial charge on any atom is 0.407 e. The summed E-state index contributed by atoms with van der Waals surface area (Å²) in [6.07, 6.45) is 2.50. The Morgan fingerprint density at radius 1 is 0.706 bits per heavy atom. The van der Waals surface area contributed by atoms with E-state index in [1.165, 1.54) is 18.7 Å². The molecule has 0 radical (unpaired) electrons. The maximum absolute atomic E-state index is 11.8. The zero-order valence-electron chi connectivity index (χ0n) is 21.3. The first-order valence-electron chi connectivity index (χ1n) is 11.9. The van der Waals surface area contributed by atoms with Gasteiger partial charge in [-0.1, -0.05) is 11.8 Å². The zero-order chi connectivity index (χ0) is 25.5. The predicted molar refractivity (Wildman–Crippen MR) is 132 cm³/mol. The normalized spacial score (nSPS) is 11.3. The average molecular weight is 509 g/mol. The summed E-state index contributed by atoms with van der Waals surface area (Å²) in [5, 5.41) is 5.67. The first-order chi connectivity index (χ1) is 16.2. The summed E-state index contributed by atoms with van der Waals surface area (Å²) in [6, 6.07) is 0. The molecule has 0 aliphatic rings. The van der Waals surface area contributed by atoms with Gasteiger partial charge in [0, 0.05) is 32.2 Å². The van der Waals surface area contributed by atoms with E-state index >= 15 is 0 Å². The molecule has 10 nitrogen and oxygen atoms in total. The quantitative estimate of drug-likeness (QED) is 0.225. The first-order valence-corrected chi connectivity index (χ1v) is 12.9. The Morgan fingerprint density at radius 3 is 1.74 bits per heavy atom. The molecule has 0 aromatic heterocycles. The van der Waals surface area contributed by atoms with Gasteiger partial charge in [-0.3, -0.25) is 9.59 Å². The van der Waals surface area contributed by atoms with Crippen molar-refractivity contribution in [2.24, 2.45) is 0 Å². The van der Waals surface area contributed by atoms with Crippen molar-refractivity contribution in [3.63, 3.8) is 0 Å². The number of thioether (sulfide) groups is 1. The lowest BCUT2D eigenvalue weighted by Crippen LogP contribution is -2.33. The standard InChI is InChI=1S/C23H44N2O8S/c1-20(26)34-19-18-32-17-16-31-15-14-30-13-12-29-11-8-21(27)24-9-6-5-7-10-25-22(28)33-23(2,3)4/h5-19H2,1-4H3,(H,24,27)(H,25,28). The van der Waals surface area contributed by atoms with Gasteiger partial charge in [0.25, 0.3) is 0 Å². The number of rotatable bonds is 21. The highest BCUT2D eigenvalue weighted by Crippen LogP contribution is 2.06. The predicted octanol–water partition coefficient (Wildman–Crippen LogP) is 2.53. The van der Waals surface area contributed by atoms with Crippen molar-refractivity contribution in [1.82, 2.24) is 10.6 Å². The fourth-order valence-electron chi connectivity index (χ4n) is 2.42. The smallest absolute Gasteiger partial charge is 0.407 e. The van der Waals surface area contributed by atoms with E-state index in [4.69, 9.17) is 23.7 Å². The van der Waals surface area contributed by atoms with E-state index in [1.807, 2.05) is 20.8 Å². The van der Waals surface area contributed by atoms with Gasteiger partial charge in [-0.05, 0) is 40.0 Å². The van der Waals surface area contributed by atoms with Gasteiger partial charge in [-0.2, -0.15) is 0 Å². The van der Waals surface area contributed by atoms with Crippen LogP contribution in [0.3, 0.4) is 0 Å². The Labute approximate surface area is 208 Å². The molecule has 0 aromatic rings. The lowest BCUT2D eigenvalue weighted by molar-refractivity contribution is -0.122. The molecule has 0 atom stereocenters. The number of carbonyl (C=O) groups is 3. The van der Waals surface area contributed by atoms with Crippen LogP contribution in [0.1, 0.15) is 53.4 Å². The number of ether oxygens (including phenoxy) is 5. The van der Waals surface area contributed by atoms with Gasteiger partial charge in [0.2, 0.25) is 5.91 Å². The van der Waals surface area contributed by atoms with E-state index in [0.717, 1.165) is 19.3 Å². The van der Waals surface area contributed by atoms with Crippen LogP contribution in [-0.2, 0) is 33.3 Å². The number of amides is 2. The molecule has 0 rings (SSSR count). The SMILES string of the molecule is CC(=O)SCCOCCOCCOCCOCCC(=O)NCCCCCNC(=O)OC(C)(C)C. The van der Waals surface area contributed by atoms with Crippen molar-refractivity contribution >= 4 is 28.9 Å². The van der Waals surface area contributed by atoms with Crippen LogP contribution in [0.25, 0.3) is 0 Å². The second kappa shape index (κ2) is 22.1. The molecule has 0 heterocycles. The molecule has 11 heteroatoms. The third-order valence-electron chi connectivity index (χ3n) is 3.97. The molecule has 0 bridgehead atoms. The highest BCUT2D eigenvalue weighted by Gasteiger charge is 2.15. The molecule has 0 spiro atoms. The van der Waals surface area contributed by atoms with Crippen molar-refractivity contribution in [1.29, 1.82) is 0 Å². The van der Waals surface area contributed by atoms with Gasteiger partial charge in [0.1, 0.15) is 5.60 Å². The summed E-state index contributed by atoms with van der Waals surface area (Å²) in [4.78, 5) is 34.0. The molecule has 0 saturated heterocycles. The monoisotopic (exact) mass is 508 g/mol. The average Bonchev–Trinajstić information content (AvgIpc) is 2.74. The Hall–Kier alpha value is -1.40. The Bertz CT molecular complexity index is 544. The van der Waals surface area contributed by atoms with Crippen molar-refractivity contribution in [2.75, 3.05) is 71.7 Å². The molecule has 0 aliphatic carbocycles. The summed E-state index contributed by atoms with van der Waals surface area (Å²) in [7, 11) is 0. The summed E-state index contributed by atoms with van der Waals surface area (Å²) in [5.74, 6) is 0.625. The minimum absolute atomic E-state index is 0.0386. The molecular weight excluding hydrogens is 464 g/mol. The highest BCUT2D eigenvalue weighted by atomic mass is 32.2. The number of alkyl carbamates (subject to hydrolysis) is 1. The van der Waals surface area contributed by atoms with Crippen LogP contribution in [0, 0.1) is 0 Å². The largest absolute Gasteiger partial charge is 0.444 e. The van der Waals surface area contributed by atoms with Gasteiger partial charge in [0.15, 0.2) is 5.12 Å². The molecule has 0 unspecified atom stereocenters. The van der Waals surface area contributed by atoms with E-state index in [9.17, 15) is 14.4 Å². The van der Waals surface area contributed by atoms with Crippen LogP contribution in [0.2, 0.25) is 0 Å². The second-order valence-electron chi connectivity index (χ2n) is 8.38. The van der Waals surface area contributed by atoms with Crippen LogP contribution in [0.4, 0.5) is 4.79 Å². The molecule has 0 saturated carbocycles. The van der Waals surface area contributed by atoms with Crippen LogP contribution in [0.15, 0.2) is 0 Å². The molecule has 0 aliphatic heterocycles. The van der Waals surface area contributed by atoms with Crippen LogP contribution >= 0.6 is 11.8 Å². The number of hydrogen-bond donors (Lipinski definition) is 2. The summed E-state index contributed by atoms with van der Waals surface area (Å²) in [5.41, 5.74) is -0.491. The van der Waals surface area contributed by atoms with Gasteiger partial charge in [0.05, 0.1) is 52.9 Å². The fraction of sp³-hybridized carbons (Fsp3) is 0.870. The number of unbranched alkanes of at least 4 members (excludes halogenated alkanes) is 2. The van der Waals surface area contributed by atoms with Crippen LogP contribution in [0.5, 0.6) is 0 Å². The molecule has 2 amide bonds. The summed E-state index contributed by atoms with van der Waals surface area (Å²) in [6.45, 7) is 11.9. The third-order valence-corrected chi connectivity index (χ3v) is 4.74. The minimum Gasteiger partial charge on any atom is -0.444 e. The maximum atomic E-state index is 11.8. The number of carbonyl (C=O) groups excluding carboxylic acids is 3. The van der Waals surface area contributed by atoms with Crippen molar-refractivity contribution in [3.05, 3.63) is 0 Å². The van der Waals surface area contributed by atoms with E-state index < -0.39 is 11.7 Å². The molecule has 34 heavy (non-hydrogen) atoms. The van der Waals surface area contributed by atoms with Gasteiger partial charge < -0.3 is 34.3 Å². The first kappa shape index (κ1) is 32.6. The topological polar surface area (TPSA) is 121 Å². The van der Waals surface area contributed by atoms with Crippen molar-refractivity contribution in [2.45, 2.75) is 59.0 Å². The lowest BCUT2D eigenvalue weighted by Gasteiger charge is -2.19. The molecular formula is C23H44N2O8S. The summed E-state index contributed by atoms with van der Waals surface area (Å²) < 4.78 is 26.7. The van der Waals surface area contributed by atoms with E-state index in [2.05, 4.69) is 10.6 Å². The molecule has 200 valence electrons. The van der Waals surface area contributed by atoms with Gasteiger partial charge in [-0.25, -0.2) is 4.79 Å². The third kappa shape index (κ3) is 26.8. The Morgan fingerprint density at radius 2 is 1.21 bits per heavy atom. The Balaban J connectivity index is 3.27. The van der Waals surface area contributed by atoms with Crippen LogP contribution < -0.4 is 10.6 Å².